The summed E-state index contributed by atoms with van der Waals surface area (Å²) in [5.74, 6) is -0.0475. The molecule has 5 aromatic carbocycles. The molecule has 8 rings (SSSR count). The van der Waals surface area contributed by atoms with Gasteiger partial charge < -0.3 is 23.8 Å². The Hall–Kier alpha value is -6.41. The van der Waals surface area contributed by atoms with Crippen molar-refractivity contribution in [2.45, 2.75) is 32.4 Å². The summed E-state index contributed by atoms with van der Waals surface area (Å²) in [4.78, 5) is 30.8. The third-order valence-corrected chi connectivity index (χ3v) is 11.7. The predicted molar refractivity (Wildman–Crippen MR) is 228 cm³/mol. The highest BCUT2D eigenvalue weighted by Gasteiger charge is 2.46. The second kappa shape index (κ2) is 17.1. The molecule has 0 bridgehead atoms. The number of benzene rings is 5. The number of rotatable bonds is 14. The molecule has 0 aliphatic carbocycles. The molecule has 14 heteroatoms. The van der Waals surface area contributed by atoms with E-state index in [2.05, 4.69) is 57.3 Å². The summed E-state index contributed by atoms with van der Waals surface area (Å²) in [7, 11) is 0. The SMILES string of the molecule is CCOC(=O)OCC[N+]1(Cc2ccc3oc(-c4ccccc4-c4nnn(C(c5ccccc5)(c5ccccc5)c5ccccc5)n4)c(Br)c3c2)C(CC)=NC(Cl)=C1C(=O)[O-]. The number of ether oxygens (including phenoxy) is 2. The maximum absolute atomic E-state index is 12.6. The van der Waals surface area contributed by atoms with E-state index < -0.39 is 17.7 Å². The van der Waals surface area contributed by atoms with E-state index in [9.17, 15) is 14.7 Å². The van der Waals surface area contributed by atoms with Gasteiger partial charge in [-0.2, -0.15) is 4.99 Å². The third kappa shape index (κ3) is 7.18. The van der Waals surface area contributed by atoms with Crippen LogP contribution in [0.4, 0.5) is 4.79 Å². The van der Waals surface area contributed by atoms with E-state index >= 15 is 0 Å². The van der Waals surface area contributed by atoms with E-state index in [0.717, 1.165) is 33.2 Å². The highest BCUT2D eigenvalue weighted by molar-refractivity contribution is 9.10. The maximum atomic E-state index is 12.6. The van der Waals surface area contributed by atoms with E-state index in [0.29, 0.717) is 39.5 Å². The topological polar surface area (TPSA) is 145 Å². The van der Waals surface area contributed by atoms with Gasteiger partial charge in [0.1, 0.15) is 37.0 Å². The average molecular weight is 886 g/mol. The lowest BCUT2D eigenvalue weighted by Gasteiger charge is -2.36. The first-order valence-corrected chi connectivity index (χ1v) is 20.5. The first-order chi connectivity index (χ1) is 29.2. The minimum absolute atomic E-state index is 0.0298. The summed E-state index contributed by atoms with van der Waals surface area (Å²) in [6.45, 7) is 3.66. The van der Waals surface area contributed by atoms with Crippen molar-refractivity contribution in [2.24, 2.45) is 4.99 Å². The maximum Gasteiger partial charge on any atom is 0.508 e. The number of carbonyl (C=O) groups excluding carboxylic acids is 2. The summed E-state index contributed by atoms with van der Waals surface area (Å²) in [6.07, 6.45) is -0.473. The number of carboxylic acids is 1. The van der Waals surface area contributed by atoms with Crippen LogP contribution in [0.25, 0.3) is 33.7 Å². The van der Waals surface area contributed by atoms with Crippen LogP contribution in [0.5, 0.6) is 0 Å². The molecule has 0 radical (unpaired) electrons. The van der Waals surface area contributed by atoms with Gasteiger partial charge in [0.15, 0.2) is 16.4 Å². The Bertz CT molecular complexity index is 2660. The van der Waals surface area contributed by atoms with Crippen LogP contribution >= 0.6 is 27.5 Å². The number of aliphatic carboxylic acids is 1. The molecule has 0 amide bonds. The van der Waals surface area contributed by atoms with E-state index in [4.69, 9.17) is 40.9 Å². The quantitative estimate of drug-likeness (QED) is 0.0453. The van der Waals surface area contributed by atoms with Gasteiger partial charge in [-0.1, -0.05) is 134 Å². The summed E-state index contributed by atoms with van der Waals surface area (Å²) in [5, 5.41) is 27.8. The molecule has 60 heavy (non-hydrogen) atoms. The highest BCUT2D eigenvalue weighted by atomic mass is 79.9. The number of carboxylic acid groups (broad SMARTS) is 1. The molecule has 0 fully saturated rings. The molecule has 1 aliphatic rings. The number of carbonyl (C=O) groups is 2. The number of hydrogen-bond donors (Lipinski definition) is 0. The normalized spacial score (nSPS) is 15.3. The number of aromatic nitrogens is 4. The predicted octanol–water partition coefficient (Wildman–Crippen LogP) is 8.83. The largest absolute Gasteiger partial charge is 0.540 e. The number of aliphatic imine (C=N–C) groups is 1. The van der Waals surface area contributed by atoms with E-state index in [-0.39, 0.29) is 41.6 Å². The monoisotopic (exact) mass is 884 g/mol. The Morgan fingerprint density at radius 2 is 1.43 bits per heavy atom. The van der Waals surface area contributed by atoms with Crippen molar-refractivity contribution in [1.82, 2.24) is 20.2 Å². The van der Waals surface area contributed by atoms with Crippen LogP contribution in [0.3, 0.4) is 0 Å². The molecule has 3 heterocycles. The molecule has 7 aromatic rings. The first-order valence-electron chi connectivity index (χ1n) is 19.4. The molecule has 12 nitrogen and oxygen atoms in total. The molecule has 1 unspecified atom stereocenters. The van der Waals surface area contributed by atoms with Crippen LogP contribution in [0.1, 0.15) is 42.5 Å². The Labute approximate surface area is 359 Å². The van der Waals surface area contributed by atoms with Crippen molar-refractivity contribution in [3.05, 3.63) is 171 Å². The molecule has 0 N–H and O–H groups in total. The smallest absolute Gasteiger partial charge is 0.508 e. The van der Waals surface area contributed by atoms with Gasteiger partial charge in [-0.05, 0) is 63.0 Å². The second-order valence-corrected chi connectivity index (χ2v) is 15.2. The van der Waals surface area contributed by atoms with Crippen molar-refractivity contribution in [1.29, 1.82) is 0 Å². The summed E-state index contributed by atoms with van der Waals surface area (Å²) in [5.41, 5.74) is 4.45. The standard InChI is InChI=1S/C46H38BrClN6O6/c1-3-38-49-42(48)40(44(55)56)54(38,26-27-59-45(57)58-4-2)29-30-24-25-37-36(28-30)39(47)41(60-37)34-22-14-15-23-35(34)43-50-52-53(51-43)46(31-16-8-5-9-17-31,32-18-10-6-11-19-32)33-20-12-7-13-21-33/h5-25,28H,3-4,26-27,29H2,1-2H3. The van der Waals surface area contributed by atoms with Crippen LogP contribution in [-0.4, -0.2) is 62.4 Å². The van der Waals surface area contributed by atoms with Crippen molar-refractivity contribution < 1.29 is 33.1 Å². The van der Waals surface area contributed by atoms with E-state index in [1.165, 1.54) is 0 Å². The van der Waals surface area contributed by atoms with Gasteiger partial charge in [-0.15, -0.1) is 15.0 Å². The number of halogens is 2. The number of quaternary nitrogens is 1. The van der Waals surface area contributed by atoms with Gasteiger partial charge in [0, 0.05) is 28.5 Å². The van der Waals surface area contributed by atoms with Crippen LogP contribution in [0.15, 0.2) is 158 Å². The van der Waals surface area contributed by atoms with Crippen molar-refractivity contribution in [3.63, 3.8) is 0 Å². The summed E-state index contributed by atoms with van der Waals surface area (Å²) < 4.78 is 17.1. The van der Waals surface area contributed by atoms with Crippen LogP contribution in [0, 0.1) is 0 Å². The molecule has 1 atom stereocenters. The molecular weight excluding hydrogens is 848 g/mol. The van der Waals surface area contributed by atoms with Gasteiger partial charge in [0.25, 0.3) is 0 Å². The van der Waals surface area contributed by atoms with Gasteiger partial charge in [-0.25, -0.2) is 9.28 Å². The molecule has 0 saturated heterocycles. The Morgan fingerprint density at radius 1 is 0.833 bits per heavy atom. The summed E-state index contributed by atoms with van der Waals surface area (Å²) in [6, 6.07) is 43.7. The minimum Gasteiger partial charge on any atom is -0.540 e. The Kier molecular flexibility index (Phi) is 11.5. The number of tetrazole rings is 1. The molecular formula is C46H38BrClN6O6. The van der Waals surface area contributed by atoms with Gasteiger partial charge in [0.2, 0.25) is 11.7 Å². The molecule has 2 aromatic heterocycles. The fourth-order valence-corrected chi connectivity index (χ4v) is 9.01. The highest BCUT2D eigenvalue weighted by Crippen LogP contribution is 2.44. The first kappa shape index (κ1) is 40.4. The molecule has 0 spiro atoms. The van der Waals surface area contributed by atoms with E-state index in [1.807, 2.05) is 104 Å². The van der Waals surface area contributed by atoms with Crippen LogP contribution < -0.4 is 5.11 Å². The van der Waals surface area contributed by atoms with Crippen molar-refractivity contribution in [2.75, 3.05) is 19.8 Å². The molecule has 1 aliphatic heterocycles. The lowest BCUT2D eigenvalue weighted by molar-refractivity contribution is -0.813. The molecule has 302 valence electrons. The molecule has 0 saturated carbocycles. The number of amidine groups is 1. The van der Waals surface area contributed by atoms with Gasteiger partial charge in [-0.3, -0.25) is 0 Å². The Balaban J connectivity index is 1.20. The van der Waals surface area contributed by atoms with Crippen molar-refractivity contribution >= 4 is 56.5 Å². The van der Waals surface area contributed by atoms with Crippen LogP contribution in [0.2, 0.25) is 0 Å². The summed E-state index contributed by atoms with van der Waals surface area (Å²) >= 11 is 10.3. The zero-order valence-electron chi connectivity index (χ0n) is 32.6. The fraction of sp³-hybridized carbons (Fsp3) is 0.174. The third-order valence-electron chi connectivity index (χ3n) is 10.7. The zero-order chi connectivity index (χ0) is 41.9. The minimum atomic E-state index is -1.47. The number of nitrogens with zero attached hydrogens (tertiary/aromatic N) is 6. The van der Waals surface area contributed by atoms with E-state index in [1.54, 1.807) is 11.7 Å². The lowest BCUT2D eigenvalue weighted by Crippen LogP contribution is -2.55. The van der Waals surface area contributed by atoms with Gasteiger partial charge in [0.05, 0.1) is 11.1 Å². The van der Waals surface area contributed by atoms with Crippen molar-refractivity contribution in [3.8, 4) is 22.7 Å². The average Bonchev–Trinajstić information content (AvgIpc) is 3.96. The van der Waals surface area contributed by atoms with Crippen LogP contribution in [-0.2, 0) is 26.4 Å². The lowest BCUT2D eigenvalue weighted by atomic mass is 9.77. The second-order valence-electron chi connectivity index (χ2n) is 14.0. The fourth-order valence-electron chi connectivity index (χ4n) is 8.07. The Morgan fingerprint density at radius 3 is 2.02 bits per heavy atom. The number of hydrogen-bond acceptors (Lipinski definition) is 10. The number of fused-ring (bicyclic) bond motifs is 1. The number of furan rings is 1. The van der Waals surface area contributed by atoms with Gasteiger partial charge >= 0.3 is 6.16 Å². The zero-order valence-corrected chi connectivity index (χ0v) is 35.0.